The molecule has 0 spiro atoms. The number of hydrogen-bond donors (Lipinski definition) is 3. The third-order valence-corrected chi connectivity index (χ3v) is 1.92. The quantitative estimate of drug-likeness (QED) is 0.563. The summed E-state index contributed by atoms with van der Waals surface area (Å²) in [4.78, 5) is 21.7. The van der Waals surface area contributed by atoms with Gasteiger partial charge < -0.3 is 16.2 Å². The van der Waals surface area contributed by atoms with E-state index in [0.29, 0.717) is 6.42 Å². The molecule has 0 rings (SSSR count). The molecule has 82 valence electrons. The predicted octanol–water partition coefficient (Wildman–Crippen LogP) is -0.0493. The number of nitrogens with one attached hydrogen (secondary N) is 1. The van der Waals surface area contributed by atoms with Gasteiger partial charge in [0.1, 0.15) is 0 Å². The molecule has 0 aromatic rings. The fourth-order valence-corrected chi connectivity index (χ4v) is 1.05. The molecule has 2 atom stereocenters. The summed E-state index contributed by atoms with van der Waals surface area (Å²) in [5.74, 6) is -1.70. The van der Waals surface area contributed by atoms with Gasteiger partial charge in [-0.15, -0.1) is 0 Å². The molecule has 0 radical (unpaired) electrons. The van der Waals surface area contributed by atoms with Crippen molar-refractivity contribution in [2.24, 2.45) is 11.7 Å². The van der Waals surface area contributed by atoms with Crippen molar-refractivity contribution in [3.63, 3.8) is 0 Å². The minimum atomic E-state index is -0.878. The van der Waals surface area contributed by atoms with E-state index in [0.717, 1.165) is 6.42 Å². The highest BCUT2D eigenvalue weighted by Gasteiger charge is 2.17. The SMILES string of the molecule is CCCC(CNC(=O)[C@@H](C)N)C(=O)O. The first-order chi connectivity index (χ1) is 6.49. The lowest BCUT2D eigenvalue weighted by molar-refractivity contribution is -0.142. The second-order valence-electron chi connectivity index (χ2n) is 3.36. The number of aliphatic carboxylic acids is 1. The third kappa shape index (κ3) is 4.81. The van der Waals surface area contributed by atoms with E-state index < -0.39 is 17.9 Å². The predicted molar refractivity (Wildman–Crippen MR) is 52.7 cm³/mol. The molecule has 5 nitrogen and oxygen atoms in total. The Bertz CT molecular complexity index is 204. The van der Waals surface area contributed by atoms with Crippen molar-refractivity contribution in [3.8, 4) is 0 Å². The molecule has 0 fully saturated rings. The average molecular weight is 202 g/mol. The van der Waals surface area contributed by atoms with Gasteiger partial charge in [-0.1, -0.05) is 13.3 Å². The van der Waals surface area contributed by atoms with Gasteiger partial charge in [0, 0.05) is 6.54 Å². The Kier molecular flexibility index (Phi) is 5.87. The van der Waals surface area contributed by atoms with E-state index in [2.05, 4.69) is 5.32 Å². The van der Waals surface area contributed by atoms with Gasteiger partial charge in [-0.05, 0) is 13.3 Å². The summed E-state index contributed by atoms with van der Waals surface area (Å²) in [5.41, 5.74) is 5.31. The molecule has 0 heterocycles. The van der Waals surface area contributed by atoms with E-state index in [1.807, 2.05) is 6.92 Å². The molecule has 14 heavy (non-hydrogen) atoms. The van der Waals surface area contributed by atoms with Gasteiger partial charge in [0.05, 0.1) is 12.0 Å². The van der Waals surface area contributed by atoms with Gasteiger partial charge in [0.25, 0.3) is 0 Å². The van der Waals surface area contributed by atoms with Crippen molar-refractivity contribution >= 4 is 11.9 Å². The topological polar surface area (TPSA) is 92.4 Å². The lowest BCUT2D eigenvalue weighted by atomic mass is 10.0. The highest BCUT2D eigenvalue weighted by Crippen LogP contribution is 2.04. The van der Waals surface area contributed by atoms with E-state index in [-0.39, 0.29) is 12.5 Å². The highest BCUT2D eigenvalue weighted by molar-refractivity contribution is 5.81. The highest BCUT2D eigenvalue weighted by atomic mass is 16.4. The summed E-state index contributed by atoms with van der Waals surface area (Å²) in [6.07, 6.45) is 1.35. The van der Waals surface area contributed by atoms with E-state index in [1.54, 1.807) is 6.92 Å². The summed E-state index contributed by atoms with van der Waals surface area (Å²) in [7, 11) is 0. The van der Waals surface area contributed by atoms with Crippen molar-refractivity contribution in [2.45, 2.75) is 32.7 Å². The van der Waals surface area contributed by atoms with Crippen LogP contribution in [0.15, 0.2) is 0 Å². The fraction of sp³-hybridized carbons (Fsp3) is 0.778. The first kappa shape index (κ1) is 12.9. The Morgan fingerprint density at radius 1 is 1.50 bits per heavy atom. The molecule has 0 bridgehead atoms. The summed E-state index contributed by atoms with van der Waals surface area (Å²) >= 11 is 0. The number of carboxylic acid groups (broad SMARTS) is 1. The molecule has 0 aromatic heterocycles. The standard InChI is InChI=1S/C9H18N2O3/c1-3-4-7(9(13)14)5-11-8(12)6(2)10/h6-7H,3-5,10H2,1-2H3,(H,11,12)(H,13,14)/t6-,7?/m1/s1. The normalized spacial score (nSPS) is 14.5. The van der Waals surface area contributed by atoms with Crippen LogP contribution in [0.4, 0.5) is 0 Å². The van der Waals surface area contributed by atoms with Gasteiger partial charge in [-0.3, -0.25) is 9.59 Å². The minimum absolute atomic E-state index is 0.156. The van der Waals surface area contributed by atoms with Gasteiger partial charge in [-0.2, -0.15) is 0 Å². The zero-order chi connectivity index (χ0) is 11.1. The van der Waals surface area contributed by atoms with Gasteiger partial charge >= 0.3 is 5.97 Å². The van der Waals surface area contributed by atoms with Gasteiger partial charge in [0.15, 0.2) is 0 Å². The lowest BCUT2D eigenvalue weighted by Crippen LogP contribution is -2.41. The molecule has 1 amide bonds. The molecule has 0 aliphatic heterocycles. The van der Waals surface area contributed by atoms with E-state index in [9.17, 15) is 9.59 Å². The Hall–Kier alpha value is -1.10. The maximum atomic E-state index is 11.0. The molecule has 0 saturated carbocycles. The second-order valence-corrected chi connectivity index (χ2v) is 3.36. The van der Waals surface area contributed by atoms with Crippen molar-refractivity contribution in [1.29, 1.82) is 0 Å². The van der Waals surface area contributed by atoms with Gasteiger partial charge in [-0.25, -0.2) is 0 Å². The average Bonchev–Trinajstić information content (AvgIpc) is 2.10. The molecular formula is C9H18N2O3. The van der Waals surface area contributed by atoms with E-state index >= 15 is 0 Å². The molecule has 0 saturated heterocycles. The minimum Gasteiger partial charge on any atom is -0.481 e. The Morgan fingerprint density at radius 2 is 2.07 bits per heavy atom. The maximum Gasteiger partial charge on any atom is 0.308 e. The molecule has 4 N–H and O–H groups in total. The third-order valence-electron chi connectivity index (χ3n) is 1.92. The summed E-state index contributed by atoms with van der Waals surface area (Å²) in [6.45, 7) is 3.62. The first-order valence-corrected chi connectivity index (χ1v) is 4.75. The number of amides is 1. The van der Waals surface area contributed by atoms with Crippen LogP contribution in [-0.2, 0) is 9.59 Å². The molecule has 0 aliphatic rings. The molecule has 0 aliphatic carbocycles. The summed E-state index contributed by atoms with van der Waals surface area (Å²) < 4.78 is 0. The van der Waals surface area contributed by atoms with Crippen LogP contribution in [0.2, 0.25) is 0 Å². The van der Waals surface area contributed by atoms with Crippen LogP contribution in [-0.4, -0.2) is 29.6 Å². The van der Waals surface area contributed by atoms with Crippen LogP contribution in [0.5, 0.6) is 0 Å². The van der Waals surface area contributed by atoms with E-state index in [1.165, 1.54) is 0 Å². The van der Waals surface area contributed by atoms with E-state index in [4.69, 9.17) is 10.8 Å². The van der Waals surface area contributed by atoms with Crippen LogP contribution in [0, 0.1) is 5.92 Å². The zero-order valence-electron chi connectivity index (χ0n) is 8.62. The molecule has 1 unspecified atom stereocenters. The summed E-state index contributed by atoms with van der Waals surface area (Å²) in [5, 5.41) is 11.3. The summed E-state index contributed by atoms with van der Waals surface area (Å²) in [6, 6.07) is -0.592. The van der Waals surface area contributed by atoms with Crippen molar-refractivity contribution in [2.75, 3.05) is 6.54 Å². The number of carbonyl (C=O) groups excluding carboxylic acids is 1. The van der Waals surface area contributed by atoms with Gasteiger partial charge in [0.2, 0.25) is 5.91 Å². The fourth-order valence-electron chi connectivity index (χ4n) is 1.05. The van der Waals surface area contributed by atoms with Crippen LogP contribution < -0.4 is 11.1 Å². The van der Waals surface area contributed by atoms with Crippen LogP contribution in [0.1, 0.15) is 26.7 Å². The number of rotatable bonds is 6. The van der Waals surface area contributed by atoms with Crippen LogP contribution >= 0.6 is 0 Å². The smallest absolute Gasteiger partial charge is 0.308 e. The van der Waals surface area contributed by atoms with Crippen LogP contribution in [0.3, 0.4) is 0 Å². The molecule has 5 heteroatoms. The van der Waals surface area contributed by atoms with Crippen molar-refractivity contribution in [1.82, 2.24) is 5.32 Å². The monoisotopic (exact) mass is 202 g/mol. The lowest BCUT2D eigenvalue weighted by Gasteiger charge is -2.13. The maximum absolute atomic E-state index is 11.0. The van der Waals surface area contributed by atoms with Crippen molar-refractivity contribution < 1.29 is 14.7 Å². The van der Waals surface area contributed by atoms with Crippen molar-refractivity contribution in [3.05, 3.63) is 0 Å². The number of carboxylic acids is 1. The Morgan fingerprint density at radius 3 is 2.43 bits per heavy atom. The Labute approximate surface area is 83.7 Å². The number of nitrogens with two attached hydrogens (primary N) is 1. The molecule has 0 aromatic carbocycles. The largest absolute Gasteiger partial charge is 0.481 e. The Balaban J connectivity index is 3.93. The number of carbonyl (C=O) groups is 2. The molecular weight excluding hydrogens is 184 g/mol. The zero-order valence-corrected chi connectivity index (χ0v) is 8.62. The van der Waals surface area contributed by atoms with Crippen LogP contribution in [0.25, 0.3) is 0 Å². The second kappa shape index (κ2) is 6.37. The first-order valence-electron chi connectivity index (χ1n) is 4.75. The number of hydrogen-bond acceptors (Lipinski definition) is 3.